The van der Waals surface area contributed by atoms with Crippen LogP contribution in [-0.4, -0.2) is 35.0 Å². The standard InChI is InChI=1S/C18H18N2O4/c1-12-8-10-14(11-9-12)16(21)20(2)18(24)19-15(17(22)23)13-6-4-3-5-7-13/h3-11,15H,1-2H3,(H,19,24)(H,22,23). The third kappa shape index (κ3) is 3.98. The average molecular weight is 326 g/mol. The first-order chi connectivity index (χ1) is 11.4. The molecule has 24 heavy (non-hydrogen) atoms. The van der Waals surface area contributed by atoms with E-state index in [0.29, 0.717) is 11.1 Å². The molecule has 0 aromatic heterocycles. The number of rotatable bonds is 4. The first kappa shape index (κ1) is 17.2. The number of nitrogens with zero attached hydrogens (tertiary/aromatic N) is 1. The fourth-order valence-corrected chi connectivity index (χ4v) is 2.14. The molecule has 0 bridgehead atoms. The molecule has 2 rings (SSSR count). The van der Waals surface area contributed by atoms with E-state index in [0.717, 1.165) is 10.5 Å². The van der Waals surface area contributed by atoms with Crippen molar-refractivity contribution in [2.45, 2.75) is 13.0 Å². The second-order valence-corrected chi connectivity index (χ2v) is 5.36. The van der Waals surface area contributed by atoms with Gasteiger partial charge in [0.25, 0.3) is 5.91 Å². The topological polar surface area (TPSA) is 86.7 Å². The number of aliphatic carboxylic acids is 1. The molecule has 6 heteroatoms. The highest BCUT2D eigenvalue weighted by atomic mass is 16.4. The van der Waals surface area contributed by atoms with Crippen molar-refractivity contribution in [2.24, 2.45) is 0 Å². The van der Waals surface area contributed by atoms with E-state index in [1.54, 1.807) is 54.6 Å². The molecule has 0 aliphatic rings. The number of carbonyl (C=O) groups is 3. The molecule has 0 saturated heterocycles. The maximum atomic E-state index is 12.3. The Bertz CT molecular complexity index is 741. The monoisotopic (exact) mass is 326 g/mol. The molecule has 0 radical (unpaired) electrons. The zero-order valence-electron chi connectivity index (χ0n) is 13.4. The number of imide groups is 1. The lowest BCUT2D eigenvalue weighted by Crippen LogP contribution is -2.44. The van der Waals surface area contributed by atoms with E-state index in [1.165, 1.54) is 7.05 Å². The lowest BCUT2D eigenvalue weighted by Gasteiger charge is -2.20. The molecule has 2 aromatic rings. The van der Waals surface area contributed by atoms with Crippen LogP contribution in [0.2, 0.25) is 0 Å². The van der Waals surface area contributed by atoms with Gasteiger partial charge in [0.2, 0.25) is 0 Å². The highest BCUT2D eigenvalue weighted by Gasteiger charge is 2.26. The Morgan fingerprint density at radius 1 is 1.00 bits per heavy atom. The van der Waals surface area contributed by atoms with Crippen molar-refractivity contribution in [1.29, 1.82) is 0 Å². The van der Waals surface area contributed by atoms with Crippen molar-refractivity contribution in [3.63, 3.8) is 0 Å². The van der Waals surface area contributed by atoms with Gasteiger partial charge in [0.1, 0.15) is 0 Å². The Labute approximate surface area is 139 Å². The fraction of sp³-hybridized carbons (Fsp3) is 0.167. The molecule has 1 unspecified atom stereocenters. The normalized spacial score (nSPS) is 11.4. The number of carboxylic acids is 1. The summed E-state index contributed by atoms with van der Waals surface area (Å²) in [5.41, 5.74) is 1.77. The minimum atomic E-state index is -1.23. The number of carboxylic acid groups (broad SMARTS) is 1. The molecule has 0 saturated carbocycles. The Morgan fingerprint density at radius 3 is 2.12 bits per heavy atom. The van der Waals surface area contributed by atoms with Crippen LogP contribution in [0.25, 0.3) is 0 Å². The summed E-state index contributed by atoms with van der Waals surface area (Å²) < 4.78 is 0. The highest BCUT2D eigenvalue weighted by Crippen LogP contribution is 2.14. The lowest BCUT2D eigenvalue weighted by atomic mass is 10.1. The molecular weight excluding hydrogens is 308 g/mol. The first-order valence-corrected chi connectivity index (χ1v) is 7.33. The lowest BCUT2D eigenvalue weighted by molar-refractivity contribution is -0.139. The van der Waals surface area contributed by atoms with Crippen molar-refractivity contribution in [2.75, 3.05) is 7.05 Å². The Balaban J connectivity index is 2.13. The molecule has 124 valence electrons. The maximum Gasteiger partial charge on any atom is 0.330 e. The van der Waals surface area contributed by atoms with Crippen LogP contribution in [0.3, 0.4) is 0 Å². The summed E-state index contributed by atoms with van der Waals surface area (Å²) in [5.74, 6) is -1.71. The predicted molar refractivity (Wildman–Crippen MR) is 88.6 cm³/mol. The largest absolute Gasteiger partial charge is 0.479 e. The molecular formula is C18H18N2O4. The van der Waals surface area contributed by atoms with E-state index in [1.807, 2.05) is 6.92 Å². The second-order valence-electron chi connectivity index (χ2n) is 5.36. The van der Waals surface area contributed by atoms with E-state index in [-0.39, 0.29) is 0 Å². The summed E-state index contributed by atoms with van der Waals surface area (Å²) in [6.07, 6.45) is 0. The molecule has 0 aliphatic carbocycles. The number of hydrogen-bond donors (Lipinski definition) is 2. The van der Waals surface area contributed by atoms with Crippen LogP contribution < -0.4 is 5.32 Å². The van der Waals surface area contributed by atoms with Crippen LogP contribution in [-0.2, 0) is 4.79 Å². The number of benzene rings is 2. The van der Waals surface area contributed by atoms with Gasteiger partial charge in [-0.3, -0.25) is 9.69 Å². The summed E-state index contributed by atoms with van der Waals surface area (Å²) in [6.45, 7) is 1.89. The number of hydrogen-bond acceptors (Lipinski definition) is 3. The number of amides is 3. The zero-order chi connectivity index (χ0) is 17.7. The van der Waals surface area contributed by atoms with Gasteiger partial charge in [-0.25, -0.2) is 9.59 Å². The van der Waals surface area contributed by atoms with E-state index in [4.69, 9.17) is 0 Å². The summed E-state index contributed by atoms with van der Waals surface area (Å²) in [4.78, 5) is 36.8. The molecule has 2 aromatic carbocycles. The quantitative estimate of drug-likeness (QED) is 0.904. The molecule has 0 aliphatic heterocycles. The van der Waals surface area contributed by atoms with Crippen LogP contribution in [0.5, 0.6) is 0 Å². The molecule has 0 heterocycles. The Hall–Kier alpha value is -3.15. The van der Waals surface area contributed by atoms with Gasteiger partial charge in [0, 0.05) is 12.6 Å². The minimum absolute atomic E-state index is 0.352. The summed E-state index contributed by atoms with van der Waals surface area (Å²) >= 11 is 0. The number of carbonyl (C=O) groups excluding carboxylic acids is 2. The van der Waals surface area contributed by atoms with Gasteiger partial charge in [-0.15, -0.1) is 0 Å². The number of aryl methyl sites for hydroxylation is 1. The SMILES string of the molecule is Cc1ccc(C(=O)N(C)C(=O)NC(C(=O)O)c2ccccc2)cc1. The van der Waals surface area contributed by atoms with Gasteiger partial charge in [0.15, 0.2) is 6.04 Å². The second kappa shape index (κ2) is 7.41. The van der Waals surface area contributed by atoms with Gasteiger partial charge < -0.3 is 10.4 Å². The smallest absolute Gasteiger partial charge is 0.330 e. The fourth-order valence-electron chi connectivity index (χ4n) is 2.14. The first-order valence-electron chi connectivity index (χ1n) is 7.33. The number of nitrogens with one attached hydrogen (secondary N) is 1. The molecule has 2 N–H and O–H groups in total. The average Bonchev–Trinajstić information content (AvgIpc) is 2.59. The van der Waals surface area contributed by atoms with E-state index in [2.05, 4.69) is 5.32 Å². The van der Waals surface area contributed by atoms with Gasteiger partial charge in [-0.1, -0.05) is 48.0 Å². The van der Waals surface area contributed by atoms with Gasteiger partial charge >= 0.3 is 12.0 Å². The van der Waals surface area contributed by atoms with Crippen LogP contribution in [0.1, 0.15) is 27.5 Å². The molecule has 1 atom stereocenters. The van der Waals surface area contributed by atoms with E-state index < -0.39 is 23.9 Å². The summed E-state index contributed by atoms with van der Waals surface area (Å²) in [7, 11) is 1.31. The minimum Gasteiger partial charge on any atom is -0.479 e. The van der Waals surface area contributed by atoms with Gasteiger partial charge in [-0.2, -0.15) is 0 Å². The Morgan fingerprint density at radius 2 is 1.58 bits per heavy atom. The van der Waals surface area contributed by atoms with Crippen molar-refractivity contribution in [3.05, 3.63) is 71.3 Å². The predicted octanol–water partition coefficient (Wildman–Crippen LogP) is 2.60. The van der Waals surface area contributed by atoms with Crippen LogP contribution >= 0.6 is 0 Å². The molecule has 0 spiro atoms. The van der Waals surface area contributed by atoms with Crippen molar-refractivity contribution in [3.8, 4) is 0 Å². The van der Waals surface area contributed by atoms with Crippen LogP contribution in [0.15, 0.2) is 54.6 Å². The van der Waals surface area contributed by atoms with Crippen molar-refractivity contribution >= 4 is 17.9 Å². The Kier molecular flexibility index (Phi) is 5.31. The number of urea groups is 1. The summed E-state index contributed by atoms with van der Waals surface area (Å²) in [6, 6.07) is 13.1. The molecule has 0 fully saturated rings. The summed E-state index contributed by atoms with van der Waals surface area (Å²) in [5, 5.41) is 11.7. The molecule has 3 amide bonds. The zero-order valence-corrected chi connectivity index (χ0v) is 13.4. The highest BCUT2D eigenvalue weighted by molar-refractivity contribution is 6.04. The van der Waals surface area contributed by atoms with Gasteiger partial charge in [0.05, 0.1) is 0 Å². The van der Waals surface area contributed by atoms with Crippen LogP contribution in [0.4, 0.5) is 4.79 Å². The van der Waals surface area contributed by atoms with Crippen molar-refractivity contribution in [1.82, 2.24) is 10.2 Å². The maximum absolute atomic E-state index is 12.3. The van der Waals surface area contributed by atoms with Crippen LogP contribution in [0, 0.1) is 6.92 Å². The van der Waals surface area contributed by atoms with Crippen molar-refractivity contribution < 1.29 is 19.5 Å². The molecule has 6 nitrogen and oxygen atoms in total. The third-order valence-electron chi connectivity index (χ3n) is 3.56. The van der Waals surface area contributed by atoms with E-state index >= 15 is 0 Å². The van der Waals surface area contributed by atoms with E-state index in [9.17, 15) is 19.5 Å². The van der Waals surface area contributed by atoms with Gasteiger partial charge in [-0.05, 0) is 24.6 Å². The third-order valence-corrected chi connectivity index (χ3v) is 3.56.